The number of aryl methyl sites for hydroxylation is 2. The van der Waals surface area contributed by atoms with E-state index in [4.69, 9.17) is 16.3 Å². The molecule has 0 heterocycles. The van der Waals surface area contributed by atoms with E-state index in [9.17, 15) is 13.2 Å². The number of benzene rings is 3. The van der Waals surface area contributed by atoms with Crippen molar-refractivity contribution in [2.24, 2.45) is 0 Å². The Balaban J connectivity index is 1.90. The molecule has 0 unspecified atom stereocenters. The minimum atomic E-state index is -4.05. The molecule has 0 fully saturated rings. The van der Waals surface area contributed by atoms with Crippen LogP contribution in [0.15, 0.2) is 71.6 Å². The van der Waals surface area contributed by atoms with E-state index in [2.05, 4.69) is 5.32 Å². The van der Waals surface area contributed by atoms with Gasteiger partial charge in [0.15, 0.2) is 0 Å². The van der Waals surface area contributed by atoms with Crippen LogP contribution in [0.2, 0.25) is 5.02 Å². The number of sulfonamides is 1. The summed E-state index contributed by atoms with van der Waals surface area (Å²) in [6.07, 6.45) is 0. The number of amides is 1. The molecule has 8 heteroatoms. The van der Waals surface area contributed by atoms with E-state index in [1.54, 1.807) is 30.3 Å². The van der Waals surface area contributed by atoms with Crippen molar-refractivity contribution in [3.8, 4) is 5.75 Å². The molecule has 6 nitrogen and oxygen atoms in total. The summed E-state index contributed by atoms with van der Waals surface area (Å²) in [4.78, 5) is 13.0. The van der Waals surface area contributed by atoms with Crippen LogP contribution < -0.4 is 14.4 Å². The number of nitrogens with one attached hydrogen (secondary N) is 1. The van der Waals surface area contributed by atoms with Crippen LogP contribution >= 0.6 is 11.6 Å². The number of carbonyl (C=O) groups excluding carboxylic acids is 1. The van der Waals surface area contributed by atoms with Crippen molar-refractivity contribution >= 4 is 33.2 Å². The Morgan fingerprint density at radius 2 is 1.76 bits per heavy atom. The first-order valence-corrected chi connectivity index (χ1v) is 12.2. The molecule has 0 aliphatic heterocycles. The van der Waals surface area contributed by atoms with Crippen molar-refractivity contribution in [2.45, 2.75) is 31.7 Å². The smallest absolute Gasteiger partial charge is 0.264 e. The van der Waals surface area contributed by atoms with Gasteiger partial charge in [0.05, 0.1) is 23.7 Å². The first kappa shape index (κ1) is 24.6. The van der Waals surface area contributed by atoms with Gasteiger partial charge in [-0.15, -0.1) is 0 Å². The van der Waals surface area contributed by atoms with Gasteiger partial charge in [-0.3, -0.25) is 9.10 Å². The maximum absolute atomic E-state index is 13.5. The van der Waals surface area contributed by atoms with Crippen LogP contribution in [0.5, 0.6) is 5.75 Å². The molecule has 0 aliphatic carbocycles. The molecule has 0 saturated heterocycles. The third-order valence-corrected chi connectivity index (χ3v) is 7.32. The molecule has 174 valence electrons. The Morgan fingerprint density at radius 3 is 2.36 bits per heavy atom. The molecule has 0 radical (unpaired) electrons. The third-order valence-electron chi connectivity index (χ3n) is 5.30. The van der Waals surface area contributed by atoms with Gasteiger partial charge in [0.1, 0.15) is 12.3 Å². The molecule has 0 aliphatic rings. The number of carbonyl (C=O) groups is 1. The summed E-state index contributed by atoms with van der Waals surface area (Å²) in [5, 5.41) is 3.28. The SMILES string of the molecule is COc1ccc(S(=O)(=O)N(CC(=O)N[C@H](C)c2ccc(C)cc2C)c2cccc(Cl)c2)cc1. The summed E-state index contributed by atoms with van der Waals surface area (Å²) in [5.41, 5.74) is 3.46. The molecule has 3 rings (SSSR count). The van der Waals surface area contributed by atoms with Gasteiger partial charge in [-0.1, -0.05) is 41.4 Å². The summed E-state index contributed by atoms with van der Waals surface area (Å²) < 4.78 is 33.2. The van der Waals surface area contributed by atoms with Gasteiger partial charge >= 0.3 is 0 Å². The fourth-order valence-corrected chi connectivity index (χ4v) is 5.23. The normalized spacial score (nSPS) is 12.2. The Labute approximate surface area is 200 Å². The topological polar surface area (TPSA) is 75.7 Å². The van der Waals surface area contributed by atoms with Gasteiger partial charge < -0.3 is 10.1 Å². The van der Waals surface area contributed by atoms with E-state index in [1.165, 1.54) is 25.3 Å². The van der Waals surface area contributed by atoms with E-state index in [0.717, 1.165) is 21.0 Å². The number of nitrogens with zero attached hydrogens (tertiary/aromatic N) is 1. The maximum atomic E-state index is 13.5. The van der Waals surface area contributed by atoms with Crippen molar-refractivity contribution < 1.29 is 17.9 Å². The zero-order valence-electron chi connectivity index (χ0n) is 19.0. The maximum Gasteiger partial charge on any atom is 0.264 e. The Bertz CT molecular complexity index is 1240. The monoisotopic (exact) mass is 486 g/mol. The minimum Gasteiger partial charge on any atom is -0.497 e. The van der Waals surface area contributed by atoms with Gasteiger partial charge in [0.2, 0.25) is 5.91 Å². The average molecular weight is 487 g/mol. The predicted molar refractivity (Wildman–Crippen MR) is 131 cm³/mol. The number of rotatable bonds is 8. The summed E-state index contributed by atoms with van der Waals surface area (Å²) >= 11 is 6.12. The summed E-state index contributed by atoms with van der Waals surface area (Å²) in [6, 6.07) is 18.1. The standard InChI is InChI=1S/C25H27ClN2O4S/c1-17-8-13-24(18(2)14-17)19(3)27-25(29)16-28(21-7-5-6-20(26)15-21)33(30,31)23-11-9-22(32-4)10-12-23/h5-15,19H,16H2,1-4H3,(H,27,29)/t19-/m1/s1. The van der Waals surface area contributed by atoms with E-state index < -0.39 is 22.5 Å². The van der Waals surface area contributed by atoms with Crippen molar-refractivity contribution in [2.75, 3.05) is 18.0 Å². The highest BCUT2D eigenvalue weighted by Gasteiger charge is 2.28. The summed E-state index contributed by atoms with van der Waals surface area (Å²) in [7, 11) is -2.54. The van der Waals surface area contributed by atoms with Crippen molar-refractivity contribution in [1.82, 2.24) is 5.32 Å². The molecular formula is C25H27ClN2O4S. The third kappa shape index (κ3) is 5.86. The second kappa shape index (κ2) is 10.3. The second-order valence-corrected chi connectivity index (χ2v) is 10.1. The number of ether oxygens (including phenoxy) is 1. The lowest BCUT2D eigenvalue weighted by atomic mass is 10.0. The quantitative estimate of drug-likeness (QED) is 0.484. The molecule has 1 N–H and O–H groups in total. The molecule has 1 amide bonds. The fourth-order valence-electron chi connectivity index (χ4n) is 3.63. The molecule has 1 atom stereocenters. The Morgan fingerprint density at radius 1 is 1.06 bits per heavy atom. The van der Waals surface area contributed by atoms with Crippen LogP contribution in [-0.2, 0) is 14.8 Å². The molecule has 3 aromatic rings. The van der Waals surface area contributed by atoms with E-state index >= 15 is 0 Å². The van der Waals surface area contributed by atoms with Crippen LogP contribution in [-0.4, -0.2) is 28.0 Å². The van der Waals surface area contributed by atoms with Crippen LogP contribution in [0.25, 0.3) is 0 Å². The summed E-state index contributed by atoms with van der Waals surface area (Å²) in [5.74, 6) is 0.0998. The van der Waals surface area contributed by atoms with Crippen molar-refractivity contribution in [3.05, 3.63) is 88.4 Å². The summed E-state index contributed by atoms with van der Waals surface area (Å²) in [6.45, 7) is 5.46. The first-order valence-electron chi connectivity index (χ1n) is 10.4. The molecule has 0 bridgehead atoms. The molecule has 33 heavy (non-hydrogen) atoms. The van der Waals surface area contributed by atoms with Crippen LogP contribution in [0, 0.1) is 13.8 Å². The second-order valence-electron chi connectivity index (χ2n) is 7.82. The van der Waals surface area contributed by atoms with Crippen molar-refractivity contribution in [1.29, 1.82) is 0 Å². The highest BCUT2D eigenvalue weighted by molar-refractivity contribution is 7.92. The van der Waals surface area contributed by atoms with E-state index in [-0.39, 0.29) is 10.9 Å². The number of halogens is 1. The average Bonchev–Trinajstić information content (AvgIpc) is 2.77. The van der Waals surface area contributed by atoms with Crippen LogP contribution in [0.4, 0.5) is 5.69 Å². The van der Waals surface area contributed by atoms with Gasteiger partial charge in [-0.2, -0.15) is 0 Å². The van der Waals surface area contributed by atoms with E-state index in [1.807, 2.05) is 39.0 Å². The molecular weight excluding hydrogens is 460 g/mol. The van der Waals surface area contributed by atoms with Crippen molar-refractivity contribution in [3.63, 3.8) is 0 Å². The zero-order chi connectivity index (χ0) is 24.2. The first-order chi connectivity index (χ1) is 15.6. The number of anilines is 1. The molecule has 0 aromatic heterocycles. The molecule has 3 aromatic carbocycles. The lowest BCUT2D eigenvalue weighted by molar-refractivity contribution is -0.120. The largest absolute Gasteiger partial charge is 0.497 e. The van der Waals surface area contributed by atoms with Gasteiger partial charge in [0.25, 0.3) is 10.0 Å². The lowest BCUT2D eigenvalue weighted by Gasteiger charge is -2.25. The van der Waals surface area contributed by atoms with Gasteiger partial charge in [-0.25, -0.2) is 8.42 Å². The predicted octanol–water partition coefficient (Wildman–Crippen LogP) is 5.04. The highest BCUT2D eigenvalue weighted by atomic mass is 35.5. The number of methoxy groups -OCH3 is 1. The van der Waals surface area contributed by atoms with Crippen LogP contribution in [0.3, 0.4) is 0 Å². The highest BCUT2D eigenvalue weighted by Crippen LogP contribution is 2.27. The lowest BCUT2D eigenvalue weighted by Crippen LogP contribution is -2.41. The van der Waals surface area contributed by atoms with Crippen LogP contribution in [0.1, 0.15) is 29.7 Å². The number of hydrogen-bond acceptors (Lipinski definition) is 4. The van der Waals surface area contributed by atoms with E-state index in [0.29, 0.717) is 16.5 Å². The molecule has 0 saturated carbocycles. The zero-order valence-corrected chi connectivity index (χ0v) is 20.6. The van der Waals surface area contributed by atoms with Gasteiger partial charge in [-0.05, 0) is 74.4 Å². The Kier molecular flexibility index (Phi) is 7.66. The number of hydrogen-bond donors (Lipinski definition) is 1. The molecule has 0 spiro atoms. The minimum absolute atomic E-state index is 0.0403. The fraction of sp³-hybridized carbons (Fsp3) is 0.240. The Hall–Kier alpha value is -3.03. The van der Waals surface area contributed by atoms with Gasteiger partial charge in [0, 0.05) is 5.02 Å².